The van der Waals surface area contributed by atoms with Crippen LogP contribution >= 0.6 is 0 Å². The molecule has 0 spiro atoms. The summed E-state index contributed by atoms with van der Waals surface area (Å²) in [6.07, 6.45) is 8.93. The zero-order valence-corrected chi connectivity index (χ0v) is 14.8. The van der Waals surface area contributed by atoms with Gasteiger partial charge >= 0.3 is 5.97 Å². The van der Waals surface area contributed by atoms with Crippen molar-refractivity contribution in [3.05, 3.63) is 0 Å². The fourth-order valence-electron chi connectivity index (χ4n) is 3.15. The van der Waals surface area contributed by atoms with Crippen LogP contribution in [0, 0.1) is 0 Å². The third-order valence-electron chi connectivity index (χ3n) is 4.71. The summed E-state index contributed by atoms with van der Waals surface area (Å²) in [5.74, 6) is -0.685. The van der Waals surface area contributed by atoms with E-state index in [1.54, 1.807) is 0 Å². The number of carboxylic acid groups (broad SMARTS) is 1. The van der Waals surface area contributed by atoms with Gasteiger partial charge in [-0.1, -0.05) is 36.1 Å². The first-order valence-electron chi connectivity index (χ1n) is 8.81. The number of carbonyl (C=O) groups is 1. The van der Waals surface area contributed by atoms with Gasteiger partial charge in [-0.2, -0.15) is 0 Å². The molecule has 162 valence electrons. The number of piperidine rings is 1. The van der Waals surface area contributed by atoms with Gasteiger partial charge in [-0.15, -0.1) is 0 Å². The Morgan fingerprint density at radius 1 is 0.692 bits per heavy atom. The summed E-state index contributed by atoms with van der Waals surface area (Å²) < 4.78 is 0. The van der Waals surface area contributed by atoms with Crippen molar-refractivity contribution in [1.29, 1.82) is 0 Å². The van der Waals surface area contributed by atoms with Crippen LogP contribution in [0.5, 0.6) is 0 Å². The van der Waals surface area contributed by atoms with Crippen LogP contribution in [0.3, 0.4) is 0 Å². The second kappa shape index (κ2) is 19.1. The lowest BCUT2D eigenvalue weighted by molar-refractivity contribution is -0.141. The number of likely N-dealkylation sites (tertiary alicyclic amines) is 3. The van der Waals surface area contributed by atoms with Crippen molar-refractivity contribution in [2.24, 2.45) is 0 Å². The van der Waals surface area contributed by atoms with E-state index in [0.29, 0.717) is 0 Å². The first kappa shape index (κ1) is 33.0. The molecule has 1 atom stereocenters. The number of carboxylic acids is 1. The molecule has 0 aliphatic carbocycles. The van der Waals surface area contributed by atoms with E-state index in [0.717, 1.165) is 19.4 Å². The van der Waals surface area contributed by atoms with Crippen LogP contribution < -0.4 is 0 Å². The molecule has 0 aromatic rings. The molecule has 0 aromatic heterocycles. The van der Waals surface area contributed by atoms with Crippen molar-refractivity contribution >= 4 is 5.97 Å². The maximum absolute atomic E-state index is 10.4. The molecule has 3 aliphatic rings. The van der Waals surface area contributed by atoms with Crippen molar-refractivity contribution in [3.63, 3.8) is 0 Å². The van der Waals surface area contributed by atoms with Gasteiger partial charge in [-0.3, -0.25) is 9.69 Å². The summed E-state index contributed by atoms with van der Waals surface area (Å²) in [7, 11) is 6.22. The highest BCUT2D eigenvalue weighted by atomic mass is 16.4. The van der Waals surface area contributed by atoms with Crippen LogP contribution in [-0.2, 0) is 4.79 Å². The molecule has 3 aliphatic heterocycles. The van der Waals surface area contributed by atoms with Gasteiger partial charge in [0.1, 0.15) is 6.04 Å². The number of hydrogen-bond acceptors (Lipinski definition) is 4. The topological polar surface area (TPSA) is 47.0 Å². The second-order valence-corrected chi connectivity index (χ2v) is 6.85. The summed E-state index contributed by atoms with van der Waals surface area (Å²) >= 11 is 0. The van der Waals surface area contributed by atoms with Crippen LogP contribution in [0.2, 0.25) is 0 Å². The van der Waals surface area contributed by atoms with E-state index in [4.69, 9.17) is 5.11 Å². The SMILES string of the molecule is C.C.C.C.CN1CCCC1.CN1CCCC1C(=O)O.CN1CCCCC1. The summed E-state index contributed by atoms with van der Waals surface area (Å²) in [5, 5.41) is 8.54. The van der Waals surface area contributed by atoms with Gasteiger partial charge in [0, 0.05) is 0 Å². The molecule has 0 aromatic carbocycles. The van der Waals surface area contributed by atoms with E-state index in [1.807, 2.05) is 11.9 Å². The number of rotatable bonds is 1. The molecule has 1 N–H and O–H groups in total. The maximum Gasteiger partial charge on any atom is 0.320 e. The van der Waals surface area contributed by atoms with Crippen LogP contribution in [-0.4, -0.2) is 85.7 Å². The molecule has 5 heteroatoms. The van der Waals surface area contributed by atoms with E-state index in [9.17, 15) is 4.79 Å². The van der Waals surface area contributed by atoms with Crippen LogP contribution in [0.15, 0.2) is 0 Å². The predicted octanol–water partition coefficient (Wildman–Crippen LogP) is 4.52. The van der Waals surface area contributed by atoms with E-state index < -0.39 is 5.97 Å². The van der Waals surface area contributed by atoms with Crippen molar-refractivity contribution < 1.29 is 9.90 Å². The summed E-state index contributed by atoms with van der Waals surface area (Å²) in [6.45, 7) is 6.21. The van der Waals surface area contributed by atoms with E-state index in [-0.39, 0.29) is 35.7 Å². The minimum atomic E-state index is -0.685. The molecule has 5 nitrogen and oxygen atoms in total. The maximum atomic E-state index is 10.4. The fraction of sp³-hybridized carbons (Fsp3) is 0.952. The average molecular weight is 378 g/mol. The first-order valence-corrected chi connectivity index (χ1v) is 8.81. The Kier molecular flexibility index (Phi) is 24.3. The number of aliphatic carboxylic acids is 1. The van der Waals surface area contributed by atoms with E-state index >= 15 is 0 Å². The zero-order chi connectivity index (χ0) is 16.4. The molecular weight excluding hydrogens is 326 g/mol. The molecule has 26 heavy (non-hydrogen) atoms. The van der Waals surface area contributed by atoms with Crippen LogP contribution in [0.4, 0.5) is 0 Å². The van der Waals surface area contributed by atoms with Crippen LogP contribution in [0.1, 0.15) is 74.7 Å². The molecule has 0 bridgehead atoms. The Labute approximate surface area is 165 Å². The van der Waals surface area contributed by atoms with Crippen molar-refractivity contribution in [1.82, 2.24) is 14.7 Å². The molecule has 0 radical (unpaired) electrons. The molecular formula is C21H51N3O2. The highest BCUT2D eigenvalue weighted by Gasteiger charge is 2.26. The minimum Gasteiger partial charge on any atom is -0.480 e. The van der Waals surface area contributed by atoms with Gasteiger partial charge in [0.2, 0.25) is 0 Å². The van der Waals surface area contributed by atoms with Crippen molar-refractivity contribution in [2.45, 2.75) is 80.7 Å². The lowest BCUT2D eigenvalue weighted by atomic mass is 10.1. The lowest BCUT2D eigenvalue weighted by Gasteiger charge is -2.20. The fourth-order valence-corrected chi connectivity index (χ4v) is 3.15. The number of nitrogens with zero attached hydrogens (tertiary/aromatic N) is 3. The lowest BCUT2D eigenvalue weighted by Crippen LogP contribution is -2.32. The highest BCUT2D eigenvalue weighted by molar-refractivity contribution is 5.73. The quantitative estimate of drug-likeness (QED) is 0.728. The molecule has 3 rings (SSSR count). The molecule has 3 heterocycles. The first-order chi connectivity index (χ1) is 10.5. The Hall–Kier alpha value is -0.650. The average Bonchev–Trinajstić information content (AvgIpc) is 3.12. The normalized spacial score (nSPS) is 22.7. The number of likely N-dealkylation sites (N-methyl/N-ethyl adjacent to an activating group) is 1. The highest BCUT2D eigenvalue weighted by Crippen LogP contribution is 2.13. The van der Waals surface area contributed by atoms with Crippen LogP contribution in [0.25, 0.3) is 0 Å². The third-order valence-corrected chi connectivity index (χ3v) is 4.71. The second-order valence-electron chi connectivity index (χ2n) is 6.85. The summed E-state index contributed by atoms with van der Waals surface area (Å²) in [6, 6.07) is -0.218. The van der Waals surface area contributed by atoms with Gasteiger partial charge in [0.15, 0.2) is 0 Å². The Morgan fingerprint density at radius 2 is 1.08 bits per heavy atom. The standard InChI is InChI=1S/C6H11NO2.C6H13N.C5H11N.4CH4/c1-7-4-2-3-5(7)6(8)9;1-7-5-3-2-4-6-7;1-6-4-2-3-5-6;;;;/h5H,2-4H2,1H3,(H,8,9);2-6H2,1H3;2-5H2,1H3;4*1H4. The van der Waals surface area contributed by atoms with E-state index in [2.05, 4.69) is 23.9 Å². The predicted molar refractivity (Wildman–Crippen MR) is 118 cm³/mol. The Morgan fingerprint density at radius 3 is 1.23 bits per heavy atom. The van der Waals surface area contributed by atoms with Gasteiger partial charge in [0.05, 0.1) is 0 Å². The van der Waals surface area contributed by atoms with Crippen molar-refractivity contribution in [2.75, 3.05) is 53.9 Å². The van der Waals surface area contributed by atoms with Gasteiger partial charge in [-0.25, -0.2) is 0 Å². The largest absolute Gasteiger partial charge is 0.480 e. The minimum absolute atomic E-state index is 0. The Balaban J connectivity index is -0.000000132. The van der Waals surface area contributed by atoms with E-state index in [1.165, 1.54) is 58.3 Å². The Bertz CT molecular complexity index is 302. The smallest absolute Gasteiger partial charge is 0.320 e. The summed E-state index contributed by atoms with van der Waals surface area (Å²) in [5.41, 5.74) is 0. The van der Waals surface area contributed by atoms with Gasteiger partial charge in [-0.05, 0) is 92.4 Å². The van der Waals surface area contributed by atoms with Crippen molar-refractivity contribution in [3.8, 4) is 0 Å². The zero-order valence-electron chi connectivity index (χ0n) is 14.8. The molecule has 1 unspecified atom stereocenters. The van der Waals surface area contributed by atoms with Gasteiger partial charge < -0.3 is 14.9 Å². The monoisotopic (exact) mass is 377 g/mol. The summed E-state index contributed by atoms with van der Waals surface area (Å²) in [4.78, 5) is 17.0. The molecule has 0 saturated carbocycles. The number of hydrogen-bond donors (Lipinski definition) is 1. The third kappa shape index (κ3) is 14.5. The molecule has 3 fully saturated rings. The molecule has 3 saturated heterocycles. The van der Waals surface area contributed by atoms with Gasteiger partial charge in [0.25, 0.3) is 0 Å². The molecule has 0 amide bonds.